The number of nitrogen functional groups attached to an aromatic ring is 1. The van der Waals surface area contributed by atoms with Crippen LogP contribution in [-0.4, -0.2) is 5.91 Å². The van der Waals surface area contributed by atoms with Crippen LogP contribution in [0.1, 0.15) is 43.9 Å². The Morgan fingerprint density at radius 2 is 1.94 bits per heavy atom. The van der Waals surface area contributed by atoms with Gasteiger partial charge in [0.2, 0.25) is 5.91 Å². The number of nitrogens with two attached hydrogens (primary N) is 1. The molecule has 0 saturated carbocycles. The molecule has 0 aliphatic carbocycles. The molecule has 0 heterocycles. The summed E-state index contributed by atoms with van der Waals surface area (Å²) in [6.45, 7) is 8.02. The highest BCUT2D eigenvalue weighted by molar-refractivity contribution is 5.93. The fourth-order valence-corrected chi connectivity index (χ4v) is 2.04. The smallest absolute Gasteiger partial charge is 0.224 e. The standard InChI is InChI=1S/C14H22N2O/c1-5-10-8-9(4)14(16-12(17)7-3)11(6-2)13(10)15/h8H,5-7,15H2,1-4H3,(H,16,17). The van der Waals surface area contributed by atoms with E-state index in [-0.39, 0.29) is 5.91 Å². The number of benzene rings is 1. The van der Waals surface area contributed by atoms with Crippen molar-refractivity contribution in [3.63, 3.8) is 0 Å². The summed E-state index contributed by atoms with van der Waals surface area (Å²) in [5.74, 6) is 0.0337. The van der Waals surface area contributed by atoms with Crippen LogP contribution in [0.5, 0.6) is 0 Å². The third kappa shape index (κ3) is 2.78. The van der Waals surface area contributed by atoms with Crippen LogP contribution in [0.3, 0.4) is 0 Å². The molecule has 0 fully saturated rings. The molecule has 0 radical (unpaired) electrons. The van der Waals surface area contributed by atoms with Crippen molar-refractivity contribution in [1.82, 2.24) is 0 Å². The van der Waals surface area contributed by atoms with Crippen molar-refractivity contribution in [3.05, 3.63) is 22.8 Å². The number of rotatable bonds is 4. The summed E-state index contributed by atoms with van der Waals surface area (Å²) in [6.07, 6.45) is 2.24. The van der Waals surface area contributed by atoms with Gasteiger partial charge in [0.1, 0.15) is 0 Å². The zero-order valence-electron chi connectivity index (χ0n) is 11.2. The maximum absolute atomic E-state index is 11.5. The molecule has 1 aromatic carbocycles. The molecule has 0 aliphatic heterocycles. The average Bonchev–Trinajstić information content (AvgIpc) is 2.33. The number of carbonyl (C=O) groups is 1. The van der Waals surface area contributed by atoms with Crippen LogP contribution in [0, 0.1) is 6.92 Å². The Morgan fingerprint density at radius 1 is 1.29 bits per heavy atom. The highest BCUT2D eigenvalue weighted by Gasteiger charge is 2.13. The van der Waals surface area contributed by atoms with Crippen molar-refractivity contribution >= 4 is 17.3 Å². The number of carbonyl (C=O) groups excluding carboxylic acids is 1. The van der Waals surface area contributed by atoms with Crippen molar-refractivity contribution in [3.8, 4) is 0 Å². The average molecular weight is 234 g/mol. The lowest BCUT2D eigenvalue weighted by Gasteiger charge is -2.18. The third-order valence-corrected chi connectivity index (χ3v) is 3.08. The first-order valence-corrected chi connectivity index (χ1v) is 6.25. The van der Waals surface area contributed by atoms with Gasteiger partial charge in [-0.1, -0.05) is 26.8 Å². The van der Waals surface area contributed by atoms with Gasteiger partial charge in [-0.3, -0.25) is 4.79 Å². The molecular weight excluding hydrogens is 212 g/mol. The van der Waals surface area contributed by atoms with Gasteiger partial charge in [-0.05, 0) is 36.5 Å². The molecule has 0 aromatic heterocycles. The summed E-state index contributed by atoms with van der Waals surface area (Å²) >= 11 is 0. The second-order valence-corrected chi connectivity index (χ2v) is 4.23. The highest BCUT2D eigenvalue weighted by Crippen LogP contribution is 2.30. The van der Waals surface area contributed by atoms with Crippen LogP contribution in [0.2, 0.25) is 0 Å². The van der Waals surface area contributed by atoms with E-state index in [0.717, 1.165) is 40.9 Å². The lowest BCUT2D eigenvalue weighted by atomic mass is 9.97. The van der Waals surface area contributed by atoms with E-state index in [2.05, 4.69) is 25.2 Å². The third-order valence-electron chi connectivity index (χ3n) is 3.08. The zero-order chi connectivity index (χ0) is 13.0. The Labute approximate surface area is 103 Å². The van der Waals surface area contributed by atoms with E-state index in [1.54, 1.807) is 0 Å². The number of hydrogen-bond acceptors (Lipinski definition) is 2. The summed E-state index contributed by atoms with van der Waals surface area (Å²) in [5, 5.41) is 2.95. The summed E-state index contributed by atoms with van der Waals surface area (Å²) in [5.41, 5.74) is 11.2. The molecule has 3 nitrogen and oxygen atoms in total. The van der Waals surface area contributed by atoms with Gasteiger partial charge in [0, 0.05) is 17.8 Å². The van der Waals surface area contributed by atoms with Gasteiger partial charge < -0.3 is 11.1 Å². The minimum absolute atomic E-state index is 0.0337. The van der Waals surface area contributed by atoms with E-state index in [0.29, 0.717) is 6.42 Å². The predicted octanol–water partition coefficient (Wildman–Crippen LogP) is 3.05. The molecule has 1 aromatic rings. The van der Waals surface area contributed by atoms with Crippen molar-refractivity contribution in [1.29, 1.82) is 0 Å². The van der Waals surface area contributed by atoms with Crippen LogP contribution in [0.25, 0.3) is 0 Å². The van der Waals surface area contributed by atoms with Crippen LogP contribution >= 0.6 is 0 Å². The maximum atomic E-state index is 11.5. The number of nitrogens with one attached hydrogen (secondary N) is 1. The summed E-state index contributed by atoms with van der Waals surface area (Å²) in [4.78, 5) is 11.5. The van der Waals surface area contributed by atoms with E-state index in [4.69, 9.17) is 5.73 Å². The molecule has 0 saturated heterocycles. The molecule has 0 atom stereocenters. The maximum Gasteiger partial charge on any atom is 0.224 e. The molecule has 3 N–H and O–H groups in total. The fraction of sp³-hybridized carbons (Fsp3) is 0.500. The quantitative estimate of drug-likeness (QED) is 0.787. The molecule has 17 heavy (non-hydrogen) atoms. The van der Waals surface area contributed by atoms with Crippen molar-refractivity contribution in [2.75, 3.05) is 11.1 Å². The van der Waals surface area contributed by atoms with Crippen LogP contribution in [0.15, 0.2) is 6.07 Å². The van der Waals surface area contributed by atoms with Gasteiger partial charge in [0.25, 0.3) is 0 Å². The monoisotopic (exact) mass is 234 g/mol. The van der Waals surface area contributed by atoms with Gasteiger partial charge in [0.15, 0.2) is 0 Å². The molecule has 1 amide bonds. The van der Waals surface area contributed by atoms with E-state index >= 15 is 0 Å². The first kappa shape index (κ1) is 13.6. The summed E-state index contributed by atoms with van der Waals surface area (Å²) in [6, 6.07) is 2.07. The minimum atomic E-state index is 0.0337. The summed E-state index contributed by atoms with van der Waals surface area (Å²) in [7, 11) is 0. The largest absolute Gasteiger partial charge is 0.398 e. The molecule has 0 bridgehead atoms. The first-order chi connectivity index (χ1) is 8.04. The second-order valence-electron chi connectivity index (χ2n) is 4.23. The van der Waals surface area contributed by atoms with Gasteiger partial charge >= 0.3 is 0 Å². The Morgan fingerprint density at radius 3 is 2.41 bits per heavy atom. The van der Waals surface area contributed by atoms with Crippen LogP contribution in [-0.2, 0) is 17.6 Å². The number of aryl methyl sites for hydroxylation is 2. The molecule has 3 heteroatoms. The van der Waals surface area contributed by atoms with E-state index in [9.17, 15) is 4.79 Å². The van der Waals surface area contributed by atoms with Crippen molar-refractivity contribution < 1.29 is 4.79 Å². The molecule has 0 aliphatic rings. The molecule has 94 valence electrons. The Kier molecular flexibility index (Phi) is 4.55. The fourth-order valence-electron chi connectivity index (χ4n) is 2.04. The van der Waals surface area contributed by atoms with Crippen LogP contribution < -0.4 is 11.1 Å². The van der Waals surface area contributed by atoms with Gasteiger partial charge in [-0.2, -0.15) is 0 Å². The summed E-state index contributed by atoms with van der Waals surface area (Å²) < 4.78 is 0. The number of anilines is 2. The molecule has 0 unspecified atom stereocenters. The van der Waals surface area contributed by atoms with E-state index < -0.39 is 0 Å². The first-order valence-electron chi connectivity index (χ1n) is 6.25. The lowest BCUT2D eigenvalue weighted by Crippen LogP contribution is -2.14. The zero-order valence-corrected chi connectivity index (χ0v) is 11.2. The van der Waals surface area contributed by atoms with Gasteiger partial charge in [-0.25, -0.2) is 0 Å². The molecular formula is C14H22N2O. The lowest BCUT2D eigenvalue weighted by molar-refractivity contribution is -0.115. The topological polar surface area (TPSA) is 55.1 Å². The molecule has 1 rings (SSSR count). The Hall–Kier alpha value is -1.51. The normalized spacial score (nSPS) is 10.4. The van der Waals surface area contributed by atoms with E-state index in [1.807, 2.05) is 13.8 Å². The molecule has 0 spiro atoms. The van der Waals surface area contributed by atoms with Crippen molar-refractivity contribution in [2.24, 2.45) is 0 Å². The van der Waals surface area contributed by atoms with Gasteiger partial charge in [-0.15, -0.1) is 0 Å². The Balaban J connectivity index is 3.28. The Bertz CT molecular complexity index is 425. The van der Waals surface area contributed by atoms with Crippen molar-refractivity contribution in [2.45, 2.75) is 47.0 Å². The minimum Gasteiger partial charge on any atom is -0.398 e. The number of hydrogen-bond donors (Lipinski definition) is 2. The van der Waals surface area contributed by atoms with Gasteiger partial charge in [0.05, 0.1) is 0 Å². The number of amides is 1. The SMILES string of the molecule is CCC(=O)Nc1c(C)cc(CC)c(N)c1CC. The van der Waals surface area contributed by atoms with E-state index in [1.165, 1.54) is 0 Å². The predicted molar refractivity (Wildman–Crippen MR) is 73.3 cm³/mol. The second kappa shape index (κ2) is 5.71. The highest BCUT2D eigenvalue weighted by atomic mass is 16.1. The van der Waals surface area contributed by atoms with Crippen LogP contribution in [0.4, 0.5) is 11.4 Å².